The van der Waals surface area contributed by atoms with Crippen LogP contribution in [0.5, 0.6) is 0 Å². The van der Waals surface area contributed by atoms with E-state index in [9.17, 15) is 18.0 Å². The van der Waals surface area contributed by atoms with Gasteiger partial charge in [0.2, 0.25) is 0 Å². The first-order valence-electron chi connectivity index (χ1n) is 9.96. The van der Waals surface area contributed by atoms with Crippen molar-refractivity contribution in [1.29, 1.82) is 0 Å². The van der Waals surface area contributed by atoms with Crippen molar-refractivity contribution in [2.45, 2.75) is 32.9 Å². The van der Waals surface area contributed by atoms with E-state index in [1.54, 1.807) is 24.3 Å². The maximum Gasteiger partial charge on any atom is 0.416 e. The molecule has 30 heavy (non-hydrogen) atoms. The molecule has 1 heterocycles. The minimum atomic E-state index is -4.40. The van der Waals surface area contributed by atoms with Crippen molar-refractivity contribution >= 4 is 5.91 Å². The lowest BCUT2D eigenvalue weighted by Gasteiger charge is -2.21. The molecule has 0 saturated heterocycles. The Kier molecular flexibility index (Phi) is 6.59. The molecule has 0 aliphatic heterocycles. The minimum Gasteiger partial charge on any atom is -0.339 e. The van der Waals surface area contributed by atoms with Crippen molar-refractivity contribution in [2.24, 2.45) is 0 Å². The van der Waals surface area contributed by atoms with E-state index in [2.05, 4.69) is 10.2 Å². The Morgan fingerprint density at radius 3 is 2.23 bits per heavy atom. The molecule has 0 aliphatic rings. The van der Waals surface area contributed by atoms with Gasteiger partial charge in [0, 0.05) is 24.2 Å². The Hall–Kier alpha value is -3.09. The Morgan fingerprint density at radius 2 is 1.63 bits per heavy atom. The zero-order valence-corrected chi connectivity index (χ0v) is 17.0. The Labute approximate surface area is 173 Å². The van der Waals surface area contributed by atoms with Gasteiger partial charge in [0.25, 0.3) is 5.91 Å². The molecule has 0 bridgehead atoms. The van der Waals surface area contributed by atoms with Crippen LogP contribution in [-0.4, -0.2) is 34.1 Å². The zero-order valence-electron chi connectivity index (χ0n) is 17.0. The first kappa shape index (κ1) is 21.6. The predicted molar refractivity (Wildman–Crippen MR) is 111 cm³/mol. The van der Waals surface area contributed by atoms with Gasteiger partial charge >= 0.3 is 6.18 Å². The number of nitrogens with one attached hydrogen (secondary N) is 1. The summed E-state index contributed by atoms with van der Waals surface area (Å²) in [6.45, 7) is 5.52. The summed E-state index contributed by atoms with van der Waals surface area (Å²) in [6, 6.07) is 13.9. The van der Waals surface area contributed by atoms with Gasteiger partial charge in [-0.05, 0) is 48.7 Å². The molecular formula is C23H24F3N3O. The third-order valence-corrected chi connectivity index (χ3v) is 4.78. The number of carbonyl (C=O) groups excluding carboxylic acids is 1. The normalized spacial score (nSPS) is 11.5. The third-order valence-electron chi connectivity index (χ3n) is 4.78. The Bertz CT molecular complexity index is 987. The standard InChI is InChI=1S/C23H24F3N3O/c1-3-12-29(13-4-2)22(30)17-10-8-16(9-11-17)20-15-21(28-27-20)18-6-5-7-19(14-18)23(24,25)26/h5-11,14-15H,3-4,12-13H2,1-2H3,(H,27,28). The summed E-state index contributed by atoms with van der Waals surface area (Å²) in [5.41, 5.74) is 2.17. The topological polar surface area (TPSA) is 49.0 Å². The number of alkyl halides is 3. The van der Waals surface area contributed by atoms with Crippen LogP contribution in [0.15, 0.2) is 54.6 Å². The maximum atomic E-state index is 13.0. The van der Waals surface area contributed by atoms with Crippen LogP contribution in [0.2, 0.25) is 0 Å². The number of amides is 1. The summed E-state index contributed by atoms with van der Waals surface area (Å²) in [5.74, 6) is -0.000449. The second-order valence-corrected chi connectivity index (χ2v) is 7.11. The smallest absolute Gasteiger partial charge is 0.339 e. The van der Waals surface area contributed by atoms with Gasteiger partial charge in [0.15, 0.2) is 0 Å². The summed E-state index contributed by atoms with van der Waals surface area (Å²) >= 11 is 0. The SMILES string of the molecule is CCCN(CCC)C(=O)c1ccc(-c2cc(-c3cccc(C(F)(F)F)c3)n[nH]2)cc1. The molecule has 0 atom stereocenters. The number of benzene rings is 2. The molecule has 0 fully saturated rings. The highest BCUT2D eigenvalue weighted by atomic mass is 19.4. The average molecular weight is 415 g/mol. The fraction of sp³-hybridized carbons (Fsp3) is 0.304. The van der Waals surface area contributed by atoms with Crippen molar-refractivity contribution in [3.05, 3.63) is 65.7 Å². The van der Waals surface area contributed by atoms with Crippen LogP contribution < -0.4 is 0 Å². The first-order valence-corrected chi connectivity index (χ1v) is 9.96. The summed E-state index contributed by atoms with van der Waals surface area (Å²) in [4.78, 5) is 14.5. The summed E-state index contributed by atoms with van der Waals surface area (Å²) in [7, 11) is 0. The van der Waals surface area contributed by atoms with Crippen LogP contribution in [0.25, 0.3) is 22.5 Å². The van der Waals surface area contributed by atoms with Gasteiger partial charge in [-0.1, -0.05) is 38.1 Å². The van der Waals surface area contributed by atoms with Gasteiger partial charge in [-0.3, -0.25) is 9.89 Å². The van der Waals surface area contributed by atoms with Gasteiger partial charge in [-0.2, -0.15) is 18.3 Å². The number of hydrogen-bond donors (Lipinski definition) is 1. The van der Waals surface area contributed by atoms with Crippen molar-refractivity contribution in [2.75, 3.05) is 13.1 Å². The summed E-state index contributed by atoms with van der Waals surface area (Å²) in [6.07, 6.45) is -2.60. The highest BCUT2D eigenvalue weighted by Crippen LogP contribution is 2.32. The number of nitrogens with zero attached hydrogens (tertiary/aromatic N) is 2. The Balaban J connectivity index is 1.80. The number of hydrogen-bond acceptors (Lipinski definition) is 2. The van der Waals surface area contributed by atoms with Gasteiger partial charge in [0.1, 0.15) is 0 Å². The number of aromatic amines is 1. The molecule has 1 N–H and O–H groups in total. The zero-order chi connectivity index (χ0) is 21.7. The summed E-state index contributed by atoms with van der Waals surface area (Å²) < 4.78 is 38.9. The molecule has 1 aromatic heterocycles. The highest BCUT2D eigenvalue weighted by molar-refractivity contribution is 5.94. The van der Waals surface area contributed by atoms with E-state index < -0.39 is 11.7 Å². The monoisotopic (exact) mass is 415 g/mol. The molecule has 2 aromatic carbocycles. The molecule has 0 aliphatic carbocycles. The number of H-pyrrole nitrogens is 1. The average Bonchev–Trinajstić information content (AvgIpc) is 3.23. The molecule has 0 unspecified atom stereocenters. The van der Waals surface area contributed by atoms with Crippen LogP contribution in [-0.2, 0) is 6.18 Å². The third kappa shape index (κ3) is 4.90. The molecule has 1 amide bonds. The summed E-state index contributed by atoms with van der Waals surface area (Å²) in [5, 5.41) is 7.02. The lowest BCUT2D eigenvalue weighted by atomic mass is 10.1. The van der Waals surface area contributed by atoms with E-state index in [0.717, 1.165) is 43.6 Å². The van der Waals surface area contributed by atoms with Crippen molar-refractivity contribution < 1.29 is 18.0 Å². The van der Waals surface area contributed by atoms with Gasteiger partial charge in [-0.15, -0.1) is 0 Å². The Morgan fingerprint density at radius 1 is 0.967 bits per heavy atom. The van der Waals surface area contributed by atoms with E-state index in [-0.39, 0.29) is 5.91 Å². The second kappa shape index (κ2) is 9.15. The second-order valence-electron chi connectivity index (χ2n) is 7.11. The van der Waals surface area contributed by atoms with Gasteiger partial charge in [0.05, 0.1) is 17.0 Å². The van der Waals surface area contributed by atoms with Crippen molar-refractivity contribution in [1.82, 2.24) is 15.1 Å². The first-order chi connectivity index (χ1) is 14.3. The van der Waals surface area contributed by atoms with Crippen LogP contribution in [0.1, 0.15) is 42.6 Å². The fourth-order valence-electron chi connectivity index (χ4n) is 3.30. The highest BCUT2D eigenvalue weighted by Gasteiger charge is 2.30. The largest absolute Gasteiger partial charge is 0.416 e. The lowest BCUT2D eigenvalue weighted by molar-refractivity contribution is -0.137. The van der Waals surface area contributed by atoms with E-state index >= 15 is 0 Å². The molecule has 3 rings (SSSR count). The van der Waals surface area contributed by atoms with Crippen LogP contribution in [0.3, 0.4) is 0 Å². The van der Waals surface area contributed by atoms with Crippen LogP contribution in [0, 0.1) is 0 Å². The van der Waals surface area contributed by atoms with E-state index in [0.29, 0.717) is 22.5 Å². The number of rotatable bonds is 7. The molecule has 4 nitrogen and oxygen atoms in total. The van der Waals surface area contributed by atoms with Crippen LogP contribution >= 0.6 is 0 Å². The molecule has 158 valence electrons. The van der Waals surface area contributed by atoms with Crippen LogP contribution in [0.4, 0.5) is 13.2 Å². The van der Waals surface area contributed by atoms with Crippen molar-refractivity contribution in [3.8, 4) is 22.5 Å². The minimum absolute atomic E-state index is 0.000449. The van der Waals surface area contributed by atoms with E-state index in [4.69, 9.17) is 0 Å². The van der Waals surface area contributed by atoms with Gasteiger partial charge in [-0.25, -0.2) is 0 Å². The van der Waals surface area contributed by atoms with Gasteiger partial charge < -0.3 is 4.90 Å². The molecular weight excluding hydrogens is 391 g/mol. The number of halogens is 3. The van der Waals surface area contributed by atoms with Crippen molar-refractivity contribution in [3.63, 3.8) is 0 Å². The lowest BCUT2D eigenvalue weighted by Crippen LogP contribution is -2.32. The van der Waals surface area contributed by atoms with E-state index in [1.807, 2.05) is 30.9 Å². The molecule has 7 heteroatoms. The maximum absolute atomic E-state index is 13.0. The molecule has 0 radical (unpaired) electrons. The molecule has 0 saturated carbocycles. The quantitative estimate of drug-likeness (QED) is 0.513. The fourth-order valence-corrected chi connectivity index (χ4v) is 3.30. The molecule has 3 aromatic rings. The predicted octanol–water partition coefficient (Wildman–Crippen LogP) is 6.02. The number of carbonyl (C=O) groups is 1. The molecule has 0 spiro atoms. The van der Waals surface area contributed by atoms with E-state index in [1.165, 1.54) is 6.07 Å². The number of aromatic nitrogens is 2.